The number of hydrogen-bond acceptors (Lipinski definition) is 5. The summed E-state index contributed by atoms with van der Waals surface area (Å²) >= 11 is 0. The smallest absolute Gasteiger partial charge is 0.408 e. The maximum Gasteiger partial charge on any atom is 0.408 e. The summed E-state index contributed by atoms with van der Waals surface area (Å²) in [6.07, 6.45) is 1.53. The zero-order chi connectivity index (χ0) is 26.4. The number of aliphatic hydroxyl groups is 1. The Bertz CT molecular complexity index is 867. The lowest BCUT2D eigenvalue weighted by Gasteiger charge is -2.43. The number of carbonyl (C=O) groups excluding carboxylic acids is 3. The first kappa shape index (κ1) is 28.6. The van der Waals surface area contributed by atoms with Gasteiger partial charge in [-0.15, -0.1) is 0 Å². The Balaban J connectivity index is 2.11. The van der Waals surface area contributed by atoms with Crippen molar-refractivity contribution >= 4 is 17.9 Å². The highest BCUT2D eigenvalue weighted by atomic mass is 16.6. The van der Waals surface area contributed by atoms with Gasteiger partial charge in [0.05, 0.1) is 6.04 Å². The fourth-order valence-electron chi connectivity index (χ4n) is 4.77. The monoisotopic (exact) mass is 489 g/mol. The molecule has 4 N–H and O–H groups in total. The van der Waals surface area contributed by atoms with Crippen LogP contribution in [-0.2, 0) is 14.3 Å². The third-order valence-electron chi connectivity index (χ3n) is 6.55. The lowest BCUT2D eigenvalue weighted by atomic mass is 9.66. The molecule has 0 unspecified atom stereocenters. The highest BCUT2D eigenvalue weighted by molar-refractivity contribution is 5.87. The van der Waals surface area contributed by atoms with Gasteiger partial charge in [0, 0.05) is 6.54 Å². The van der Waals surface area contributed by atoms with E-state index in [1.807, 2.05) is 44.2 Å². The van der Waals surface area contributed by atoms with E-state index in [1.54, 1.807) is 27.7 Å². The summed E-state index contributed by atoms with van der Waals surface area (Å²) in [5, 5.41) is 19.8. The van der Waals surface area contributed by atoms with Crippen molar-refractivity contribution in [1.82, 2.24) is 16.0 Å². The van der Waals surface area contributed by atoms with Crippen molar-refractivity contribution in [1.29, 1.82) is 0 Å². The molecule has 1 aliphatic carbocycles. The molecule has 1 fully saturated rings. The van der Waals surface area contributed by atoms with Gasteiger partial charge in [-0.1, -0.05) is 57.5 Å². The van der Waals surface area contributed by atoms with E-state index in [0.29, 0.717) is 6.42 Å². The van der Waals surface area contributed by atoms with Gasteiger partial charge >= 0.3 is 6.09 Å². The van der Waals surface area contributed by atoms with Gasteiger partial charge in [-0.05, 0) is 63.9 Å². The van der Waals surface area contributed by atoms with Gasteiger partial charge in [0.1, 0.15) is 17.2 Å². The van der Waals surface area contributed by atoms with Gasteiger partial charge in [0.25, 0.3) is 5.91 Å². The van der Waals surface area contributed by atoms with Crippen LogP contribution in [0.25, 0.3) is 0 Å². The number of alkyl carbamates (subject to hydrolysis) is 1. The predicted molar refractivity (Wildman–Crippen MR) is 135 cm³/mol. The van der Waals surface area contributed by atoms with Crippen molar-refractivity contribution in [2.75, 3.05) is 6.54 Å². The highest BCUT2D eigenvalue weighted by Gasteiger charge is 2.48. The molecular formula is C27H43N3O5. The molecule has 2 rings (SSSR count). The van der Waals surface area contributed by atoms with Crippen LogP contribution in [0.15, 0.2) is 30.3 Å². The first-order valence-electron chi connectivity index (χ1n) is 12.6. The average molecular weight is 490 g/mol. The molecule has 0 aliphatic heterocycles. The number of hydrogen-bond donors (Lipinski definition) is 4. The Kier molecular flexibility index (Phi) is 9.72. The molecule has 1 aromatic carbocycles. The minimum atomic E-state index is -1.44. The van der Waals surface area contributed by atoms with Crippen LogP contribution in [0.4, 0.5) is 4.79 Å². The van der Waals surface area contributed by atoms with Crippen LogP contribution in [0.3, 0.4) is 0 Å². The van der Waals surface area contributed by atoms with E-state index in [9.17, 15) is 19.5 Å². The van der Waals surface area contributed by atoms with Gasteiger partial charge in [0.2, 0.25) is 5.91 Å². The maximum atomic E-state index is 13.3. The van der Waals surface area contributed by atoms with Gasteiger partial charge < -0.3 is 25.8 Å². The van der Waals surface area contributed by atoms with E-state index in [4.69, 9.17) is 4.74 Å². The molecule has 0 heterocycles. The molecular weight excluding hydrogens is 446 g/mol. The van der Waals surface area contributed by atoms with E-state index in [1.165, 1.54) is 0 Å². The summed E-state index contributed by atoms with van der Waals surface area (Å²) in [5.41, 5.74) is -1.32. The lowest BCUT2D eigenvalue weighted by molar-refractivity contribution is -0.156. The Morgan fingerprint density at radius 3 is 2.29 bits per heavy atom. The van der Waals surface area contributed by atoms with Crippen molar-refractivity contribution in [2.45, 2.75) is 91.0 Å². The molecule has 0 bridgehead atoms. The number of benzene rings is 1. The summed E-state index contributed by atoms with van der Waals surface area (Å²) in [5.74, 6) is -0.517. The van der Waals surface area contributed by atoms with Crippen LogP contribution in [0.5, 0.6) is 0 Å². The van der Waals surface area contributed by atoms with Crippen LogP contribution >= 0.6 is 0 Å². The van der Waals surface area contributed by atoms with E-state index in [0.717, 1.165) is 18.4 Å². The van der Waals surface area contributed by atoms with Crippen LogP contribution in [0, 0.1) is 17.8 Å². The summed E-state index contributed by atoms with van der Waals surface area (Å²) in [6.45, 7) is 13.0. The molecule has 0 aromatic heterocycles. The van der Waals surface area contributed by atoms with Crippen LogP contribution in [0.2, 0.25) is 0 Å². The van der Waals surface area contributed by atoms with Crippen molar-refractivity contribution in [3.05, 3.63) is 35.9 Å². The SMILES string of the molecule is CC(C)[C@@H]1CC[C@@H](C)C[C@@]1(O)C(=O)NC[C@@H](NC(=O)[C@H](C)NC(=O)OC(C)(C)C)c1ccccc1. The molecule has 8 heteroatoms. The zero-order valence-electron chi connectivity index (χ0n) is 22.2. The molecule has 35 heavy (non-hydrogen) atoms. The van der Waals surface area contributed by atoms with Crippen molar-refractivity contribution in [3.8, 4) is 0 Å². The Labute approximate surface area is 209 Å². The molecule has 3 amide bonds. The molecule has 5 atom stereocenters. The Morgan fingerprint density at radius 1 is 1.09 bits per heavy atom. The summed E-state index contributed by atoms with van der Waals surface area (Å²) in [4.78, 5) is 38.2. The number of amides is 3. The third-order valence-corrected chi connectivity index (χ3v) is 6.55. The van der Waals surface area contributed by atoms with Crippen LogP contribution in [-0.4, -0.2) is 46.8 Å². The van der Waals surface area contributed by atoms with Gasteiger partial charge in [0.15, 0.2) is 0 Å². The first-order chi connectivity index (χ1) is 16.2. The molecule has 1 aromatic rings. The summed E-state index contributed by atoms with van der Waals surface area (Å²) in [6, 6.07) is 7.90. The van der Waals surface area contributed by atoms with E-state index in [2.05, 4.69) is 22.9 Å². The number of nitrogens with one attached hydrogen (secondary N) is 3. The minimum Gasteiger partial charge on any atom is -0.444 e. The molecule has 8 nitrogen and oxygen atoms in total. The quantitative estimate of drug-likeness (QED) is 0.444. The van der Waals surface area contributed by atoms with Crippen LogP contribution < -0.4 is 16.0 Å². The lowest BCUT2D eigenvalue weighted by Crippen LogP contribution is -2.57. The van der Waals surface area contributed by atoms with E-state index in [-0.39, 0.29) is 24.3 Å². The number of ether oxygens (including phenoxy) is 1. The molecule has 0 spiro atoms. The average Bonchev–Trinajstić information content (AvgIpc) is 2.74. The zero-order valence-corrected chi connectivity index (χ0v) is 22.2. The normalized spacial score (nSPS) is 24.3. The molecule has 0 saturated heterocycles. The second kappa shape index (κ2) is 11.9. The molecule has 1 saturated carbocycles. The standard InChI is InChI=1S/C27H43N3O5/c1-17(2)21-14-13-18(3)15-27(21,34)24(32)28-16-22(20-11-9-8-10-12-20)30-23(31)19(4)29-25(33)35-26(5,6)7/h8-12,17-19,21-22,34H,13-16H2,1-7H3,(H,28,32)(H,29,33)(H,30,31)/t18-,19+,21+,22-,27+/m1/s1. The Morgan fingerprint density at radius 2 is 1.71 bits per heavy atom. The summed E-state index contributed by atoms with van der Waals surface area (Å²) < 4.78 is 5.23. The van der Waals surface area contributed by atoms with Gasteiger partial charge in [-0.3, -0.25) is 9.59 Å². The van der Waals surface area contributed by atoms with Crippen molar-refractivity contribution < 1.29 is 24.2 Å². The second-order valence-electron chi connectivity index (χ2n) is 11.2. The van der Waals surface area contributed by atoms with Crippen LogP contribution in [0.1, 0.15) is 79.3 Å². The number of carbonyl (C=O) groups is 3. The van der Waals surface area contributed by atoms with Crippen molar-refractivity contribution in [2.24, 2.45) is 17.8 Å². The molecule has 196 valence electrons. The summed E-state index contributed by atoms with van der Waals surface area (Å²) in [7, 11) is 0. The topological polar surface area (TPSA) is 117 Å². The highest BCUT2D eigenvalue weighted by Crippen LogP contribution is 2.41. The van der Waals surface area contributed by atoms with Crippen molar-refractivity contribution in [3.63, 3.8) is 0 Å². The van der Waals surface area contributed by atoms with E-state index >= 15 is 0 Å². The van der Waals surface area contributed by atoms with E-state index < -0.39 is 41.2 Å². The maximum absolute atomic E-state index is 13.3. The predicted octanol–water partition coefficient (Wildman–Crippen LogP) is 3.70. The number of rotatable bonds is 8. The molecule has 0 radical (unpaired) electrons. The second-order valence-corrected chi connectivity index (χ2v) is 11.2. The largest absolute Gasteiger partial charge is 0.444 e. The Hall–Kier alpha value is -2.61. The fourth-order valence-corrected chi connectivity index (χ4v) is 4.77. The molecule has 1 aliphatic rings. The van der Waals surface area contributed by atoms with Gasteiger partial charge in [-0.25, -0.2) is 4.79 Å². The minimum absolute atomic E-state index is 0.106. The fraction of sp³-hybridized carbons (Fsp3) is 0.667. The third kappa shape index (κ3) is 8.23. The first-order valence-corrected chi connectivity index (χ1v) is 12.6. The van der Waals surface area contributed by atoms with Gasteiger partial charge in [-0.2, -0.15) is 0 Å².